The molecule has 1 aromatic heterocycles. The molecule has 2 N–H and O–H groups in total. The lowest BCUT2D eigenvalue weighted by Gasteiger charge is -2.24. The molecular weight excluding hydrogens is 569 g/mol. The first-order chi connectivity index (χ1) is 16.4. The summed E-state index contributed by atoms with van der Waals surface area (Å²) < 4.78 is 35.0. The second-order valence-corrected chi connectivity index (χ2v) is 12.0. The Morgan fingerprint density at radius 3 is 2.60 bits per heavy atom. The summed E-state index contributed by atoms with van der Waals surface area (Å²) >= 11 is 9.70. The van der Waals surface area contributed by atoms with Crippen molar-refractivity contribution in [3.63, 3.8) is 0 Å². The van der Waals surface area contributed by atoms with Crippen LogP contribution in [0.4, 0.5) is 0 Å². The molecule has 0 unspecified atom stereocenters. The van der Waals surface area contributed by atoms with E-state index in [-0.39, 0.29) is 18.5 Å². The number of hydrogen-bond donors (Lipinski definition) is 2. The summed E-state index contributed by atoms with van der Waals surface area (Å²) in [5.41, 5.74) is -1.35. The van der Waals surface area contributed by atoms with Gasteiger partial charge in [-0.25, -0.2) is 13.9 Å². The molecule has 11 nitrogen and oxygen atoms in total. The van der Waals surface area contributed by atoms with Gasteiger partial charge in [-0.15, -0.1) is 11.6 Å². The molecular formula is C21H25BrClN3O8P. The maximum absolute atomic E-state index is 13.6. The smallest absolute Gasteiger partial charge is 0.459 e. The Hall–Kier alpha value is -1.95. The first-order valence-corrected chi connectivity index (χ1v) is 13.3. The summed E-state index contributed by atoms with van der Waals surface area (Å²) in [4.78, 5) is 39.1. The average molecular weight is 594 g/mol. The number of halogens is 2. The molecule has 14 heteroatoms. The third kappa shape index (κ3) is 7.28. The van der Waals surface area contributed by atoms with Gasteiger partial charge in [-0.3, -0.25) is 14.1 Å². The van der Waals surface area contributed by atoms with Crippen LogP contribution in [-0.4, -0.2) is 44.2 Å². The molecule has 35 heavy (non-hydrogen) atoms. The molecule has 1 aromatic carbocycles. The first-order valence-electron chi connectivity index (χ1n) is 10.6. The van der Waals surface area contributed by atoms with E-state index in [0.717, 1.165) is 10.6 Å². The van der Waals surface area contributed by atoms with Gasteiger partial charge in [0.15, 0.2) is 10.0 Å². The second-order valence-electron chi connectivity index (χ2n) is 7.89. The molecule has 0 spiro atoms. The predicted molar refractivity (Wildman–Crippen MR) is 131 cm³/mol. The third-order valence-corrected chi connectivity index (χ3v) is 7.21. The minimum Gasteiger partial charge on any atom is -0.462 e. The Kier molecular flexibility index (Phi) is 9.01. The van der Waals surface area contributed by atoms with Crippen molar-refractivity contribution in [1.82, 2.24) is 14.6 Å². The number of benzene rings is 1. The topological polar surface area (TPSA) is 138 Å². The first kappa shape index (κ1) is 27.6. The van der Waals surface area contributed by atoms with Gasteiger partial charge in [0.05, 0.1) is 18.8 Å². The number of rotatable bonds is 10. The Morgan fingerprint density at radius 1 is 1.29 bits per heavy atom. The molecule has 0 amide bonds. The number of alkyl halides is 2. The van der Waals surface area contributed by atoms with Crippen LogP contribution in [0.25, 0.3) is 0 Å². The SMILES string of the molecule is CC(C)OC(=O)[C@H](C)N[P@](=O)(OC[C@H]1[CH][C@@](Cl)(Br)[C@H](n2c(=O)cc[nH]c2=O)O1)Oc1ccccc1. The maximum Gasteiger partial charge on any atom is 0.459 e. The minimum atomic E-state index is -4.15. The van der Waals surface area contributed by atoms with E-state index in [1.54, 1.807) is 44.2 Å². The number of para-hydroxylation sites is 1. The number of nitrogens with zero attached hydrogens (tertiary/aromatic N) is 1. The molecule has 2 heterocycles. The summed E-state index contributed by atoms with van der Waals surface area (Å²) in [6, 6.07) is 8.36. The van der Waals surface area contributed by atoms with Crippen LogP contribution in [0.2, 0.25) is 0 Å². The molecule has 1 aliphatic heterocycles. The highest BCUT2D eigenvalue weighted by Crippen LogP contribution is 2.49. The molecule has 5 atom stereocenters. The standard InChI is InChI=1S/C21H25BrClN3O8P/c1-13(2)32-18(28)14(3)25-35(30,34-15-7-5-4-6-8-15)31-12-16-11-21(22,23)19(33-16)26-17(27)9-10-24-20(26)29/h4-11,13-14,16,19H,12H2,1-3H3,(H,24,29)(H,25,30)/t14-,16+,19+,21-,35-/m0/s1. The molecule has 1 aliphatic rings. The van der Waals surface area contributed by atoms with E-state index < -0.39 is 47.1 Å². The van der Waals surface area contributed by atoms with E-state index in [1.807, 2.05) is 0 Å². The van der Waals surface area contributed by atoms with E-state index >= 15 is 0 Å². The van der Waals surface area contributed by atoms with Gasteiger partial charge in [0.1, 0.15) is 11.8 Å². The number of H-pyrrole nitrogens is 1. The zero-order valence-electron chi connectivity index (χ0n) is 19.1. The summed E-state index contributed by atoms with van der Waals surface area (Å²) in [6.45, 7) is 4.48. The number of aromatic amines is 1. The number of carbonyl (C=O) groups is 1. The maximum atomic E-state index is 13.6. The van der Waals surface area contributed by atoms with Crippen molar-refractivity contribution in [1.29, 1.82) is 0 Å². The average Bonchev–Trinajstić information content (AvgIpc) is 3.06. The molecule has 191 valence electrons. The lowest BCUT2D eigenvalue weighted by molar-refractivity contribution is -0.149. The van der Waals surface area contributed by atoms with Crippen molar-refractivity contribution < 1.29 is 27.9 Å². The van der Waals surface area contributed by atoms with E-state index in [2.05, 4.69) is 26.0 Å². The van der Waals surface area contributed by atoms with Crippen molar-refractivity contribution >= 4 is 41.2 Å². The number of esters is 1. The Labute approximate surface area is 214 Å². The molecule has 2 aromatic rings. The third-order valence-electron chi connectivity index (χ3n) is 4.60. The number of carbonyl (C=O) groups excluding carboxylic acids is 1. The summed E-state index contributed by atoms with van der Waals surface area (Å²) in [6.07, 6.45) is 0.148. The van der Waals surface area contributed by atoms with Crippen LogP contribution in [0.1, 0.15) is 27.0 Å². The fourth-order valence-corrected chi connectivity index (χ4v) is 5.51. The lowest BCUT2D eigenvalue weighted by Crippen LogP contribution is -2.41. The van der Waals surface area contributed by atoms with Gasteiger partial charge < -0.3 is 19.0 Å². The monoisotopic (exact) mass is 592 g/mol. The lowest BCUT2D eigenvalue weighted by atomic mass is 10.2. The summed E-state index contributed by atoms with van der Waals surface area (Å²) in [5.74, 6) is -0.413. The van der Waals surface area contributed by atoms with Gasteiger partial charge in [-0.1, -0.05) is 34.1 Å². The van der Waals surface area contributed by atoms with Crippen molar-refractivity contribution in [3.8, 4) is 5.75 Å². The van der Waals surface area contributed by atoms with Gasteiger partial charge in [-0.05, 0) is 32.9 Å². The highest BCUT2D eigenvalue weighted by atomic mass is 79.9. The summed E-state index contributed by atoms with van der Waals surface area (Å²) in [5, 5.41) is 2.57. The Bertz CT molecular complexity index is 1160. The van der Waals surface area contributed by atoms with Gasteiger partial charge in [0, 0.05) is 18.7 Å². The van der Waals surface area contributed by atoms with Crippen LogP contribution in [0.3, 0.4) is 0 Å². The second kappa shape index (κ2) is 11.4. The van der Waals surface area contributed by atoms with Crippen LogP contribution in [0, 0.1) is 6.42 Å². The quantitative estimate of drug-likeness (QED) is 0.242. The molecule has 0 bridgehead atoms. The Morgan fingerprint density at radius 2 is 1.97 bits per heavy atom. The zero-order valence-corrected chi connectivity index (χ0v) is 22.3. The van der Waals surface area contributed by atoms with Gasteiger partial charge >= 0.3 is 19.4 Å². The number of nitrogens with one attached hydrogen (secondary N) is 2. The van der Waals surface area contributed by atoms with E-state index in [9.17, 15) is 18.9 Å². The van der Waals surface area contributed by atoms with Crippen LogP contribution < -0.4 is 20.9 Å². The van der Waals surface area contributed by atoms with Gasteiger partial charge in [0.2, 0.25) is 0 Å². The highest BCUT2D eigenvalue weighted by molar-refractivity contribution is 9.10. The zero-order chi connectivity index (χ0) is 25.8. The largest absolute Gasteiger partial charge is 0.462 e. The fourth-order valence-electron chi connectivity index (χ4n) is 3.11. The number of aromatic nitrogens is 2. The van der Waals surface area contributed by atoms with E-state index in [4.69, 9.17) is 30.1 Å². The van der Waals surface area contributed by atoms with Crippen LogP contribution >= 0.6 is 35.3 Å². The van der Waals surface area contributed by atoms with Crippen LogP contribution in [-0.2, 0) is 23.4 Å². The predicted octanol–water partition coefficient (Wildman–Crippen LogP) is 3.10. The number of hydrogen-bond acceptors (Lipinski definition) is 8. The highest BCUT2D eigenvalue weighted by Gasteiger charge is 2.49. The van der Waals surface area contributed by atoms with Crippen molar-refractivity contribution in [3.05, 3.63) is 69.9 Å². The molecule has 1 saturated heterocycles. The fraction of sp³-hybridized carbons (Fsp3) is 0.429. The van der Waals surface area contributed by atoms with Crippen molar-refractivity contribution in [2.24, 2.45) is 0 Å². The van der Waals surface area contributed by atoms with E-state index in [1.165, 1.54) is 19.5 Å². The summed E-state index contributed by atoms with van der Waals surface area (Å²) in [7, 11) is -4.15. The Balaban J connectivity index is 1.76. The van der Waals surface area contributed by atoms with Crippen molar-refractivity contribution in [2.45, 2.75) is 49.0 Å². The molecule has 1 radical (unpaired) electrons. The number of ether oxygens (including phenoxy) is 2. The minimum absolute atomic E-state index is 0.233. The normalized spacial score (nSPS) is 24.6. The van der Waals surface area contributed by atoms with Gasteiger partial charge in [-0.2, -0.15) is 5.09 Å². The van der Waals surface area contributed by atoms with Crippen LogP contribution in [0.15, 0.2) is 52.2 Å². The molecule has 1 fully saturated rings. The molecule has 0 saturated carbocycles. The van der Waals surface area contributed by atoms with Crippen LogP contribution in [0.5, 0.6) is 5.75 Å². The van der Waals surface area contributed by atoms with Crippen molar-refractivity contribution in [2.75, 3.05) is 6.61 Å². The molecule has 3 rings (SSSR count). The molecule has 0 aliphatic carbocycles. The van der Waals surface area contributed by atoms with E-state index in [0.29, 0.717) is 0 Å². The van der Waals surface area contributed by atoms with Gasteiger partial charge in [0.25, 0.3) is 5.56 Å².